The van der Waals surface area contributed by atoms with Crippen molar-refractivity contribution in [2.24, 2.45) is 5.92 Å². The fourth-order valence-corrected chi connectivity index (χ4v) is 4.53. The Balaban J connectivity index is 1.62. The molecule has 1 nitrogen and oxygen atoms in total. The van der Waals surface area contributed by atoms with E-state index in [1.54, 1.807) is 6.07 Å². The predicted octanol–water partition coefficient (Wildman–Crippen LogP) is 9.29. The molecule has 0 saturated heterocycles. The van der Waals surface area contributed by atoms with Gasteiger partial charge in [-0.05, 0) is 42.9 Å². The highest BCUT2D eigenvalue weighted by atomic mass is 35.5. The van der Waals surface area contributed by atoms with Gasteiger partial charge in [0.1, 0.15) is 17.4 Å². The van der Waals surface area contributed by atoms with Gasteiger partial charge in [0.2, 0.25) is 0 Å². The van der Waals surface area contributed by atoms with Gasteiger partial charge in [-0.2, -0.15) is 8.78 Å². The molecule has 0 saturated carbocycles. The summed E-state index contributed by atoms with van der Waals surface area (Å²) in [7, 11) is 0. The van der Waals surface area contributed by atoms with Gasteiger partial charge in [0.05, 0.1) is 10.6 Å². The van der Waals surface area contributed by atoms with Crippen LogP contribution in [0.2, 0.25) is 5.02 Å². The third-order valence-corrected chi connectivity index (χ3v) is 6.67. The minimum absolute atomic E-state index is 0.0177. The number of benzene rings is 3. The largest absolute Gasteiger partial charge is 0.429 e. The number of hydrogen-bond acceptors (Lipinski definition) is 1. The monoisotopic (exact) mass is 528 g/mol. The maximum atomic E-state index is 15.0. The van der Waals surface area contributed by atoms with Gasteiger partial charge in [0.25, 0.3) is 0 Å². The molecule has 0 aliphatic heterocycles. The van der Waals surface area contributed by atoms with Crippen LogP contribution >= 0.6 is 11.6 Å². The molecular formula is C27H20ClF7O. The Morgan fingerprint density at radius 3 is 2.08 bits per heavy atom. The van der Waals surface area contributed by atoms with Gasteiger partial charge in [0.15, 0.2) is 17.5 Å². The van der Waals surface area contributed by atoms with E-state index in [9.17, 15) is 26.3 Å². The van der Waals surface area contributed by atoms with Crippen molar-refractivity contribution in [3.05, 3.63) is 99.9 Å². The first-order valence-corrected chi connectivity index (χ1v) is 11.6. The minimum Gasteiger partial charge on any atom is -0.429 e. The summed E-state index contributed by atoms with van der Waals surface area (Å²) in [6.07, 6.45) is 2.63. The number of rotatable bonds is 6. The molecule has 2 unspecified atom stereocenters. The van der Waals surface area contributed by atoms with E-state index in [4.69, 9.17) is 11.6 Å². The summed E-state index contributed by atoms with van der Waals surface area (Å²) in [5.74, 6) is -7.97. The normalized spacial score (nSPS) is 17.9. The van der Waals surface area contributed by atoms with Gasteiger partial charge in [0, 0.05) is 29.2 Å². The summed E-state index contributed by atoms with van der Waals surface area (Å²) in [5.41, 5.74) is -0.982. The molecule has 0 aromatic heterocycles. The number of alkyl halides is 2. The lowest BCUT2D eigenvalue weighted by Crippen LogP contribution is -2.23. The molecule has 0 spiro atoms. The highest BCUT2D eigenvalue weighted by molar-refractivity contribution is 6.32. The van der Waals surface area contributed by atoms with Crippen LogP contribution in [0.1, 0.15) is 43.2 Å². The van der Waals surface area contributed by atoms with Crippen LogP contribution in [0, 0.1) is 35.0 Å². The standard InChI is InChI=1S/C27H20ClF7O/c1-2-14-3-5-15(6-4-14)16-7-8-18(21(29)11-16)19-9-10-20(24(28)25(19)32)27(34,35)36-17-12-22(30)26(33)23(31)13-17/h3,5,7-15H,2,4,6H2,1H3. The van der Waals surface area contributed by atoms with Gasteiger partial charge in [-0.3, -0.25) is 0 Å². The molecule has 9 heteroatoms. The first kappa shape index (κ1) is 26.1. The number of allylic oxidation sites excluding steroid dienone is 2. The zero-order valence-corrected chi connectivity index (χ0v) is 19.7. The molecule has 0 fully saturated rings. The zero-order chi connectivity index (χ0) is 26.2. The van der Waals surface area contributed by atoms with Crippen molar-refractivity contribution in [2.45, 2.75) is 38.2 Å². The highest BCUT2D eigenvalue weighted by Gasteiger charge is 2.39. The molecule has 190 valence electrons. The third kappa shape index (κ3) is 5.09. The molecule has 0 N–H and O–H groups in total. The van der Waals surface area contributed by atoms with Crippen LogP contribution in [0.15, 0.2) is 54.6 Å². The molecule has 36 heavy (non-hydrogen) atoms. The van der Waals surface area contributed by atoms with Gasteiger partial charge >= 0.3 is 6.11 Å². The van der Waals surface area contributed by atoms with E-state index >= 15 is 4.39 Å². The van der Waals surface area contributed by atoms with Gasteiger partial charge < -0.3 is 4.74 Å². The second-order valence-electron chi connectivity index (χ2n) is 8.58. The van der Waals surface area contributed by atoms with Crippen molar-refractivity contribution >= 4 is 11.6 Å². The van der Waals surface area contributed by atoms with Crippen molar-refractivity contribution < 1.29 is 35.5 Å². The molecule has 1 aliphatic rings. The van der Waals surface area contributed by atoms with Gasteiger partial charge in [-0.15, -0.1) is 0 Å². The van der Waals surface area contributed by atoms with Crippen LogP contribution in [0.25, 0.3) is 11.1 Å². The van der Waals surface area contributed by atoms with Crippen LogP contribution in [0.5, 0.6) is 5.75 Å². The van der Waals surface area contributed by atoms with E-state index < -0.39 is 51.5 Å². The second-order valence-corrected chi connectivity index (χ2v) is 8.96. The van der Waals surface area contributed by atoms with Crippen molar-refractivity contribution in [1.29, 1.82) is 0 Å². The molecular weight excluding hydrogens is 509 g/mol. The lowest BCUT2D eigenvalue weighted by molar-refractivity contribution is -0.185. The van der Waals surface area contributed by atoms with Gasteiger partial charge in [-0.1, -0.05) is 48.9 Å². The smallest absolute Gasteiger partial charge is 0.428 e. The minimum atomic E-state index is -4.35. The molecule has 0 bridgehead atoms. The summed E-state index contributed by atoms with van der Waals surface area (Å²) >= 11 is 5.84. The molecule has 3 aromatic rings. The van der Waals surface area contributed by atoms with E-state index in [-0.39, 0.29) is 29.2 Å². The van der Waals surface area contributed by atoms with Crippen LogP contribution in [-0.4, -0.2) is 0 Å². The Kier molecular flexibility index (Phi) is 7.36. The molecule has 2 atom stereocenters. The molecule has 1 aliphatic carbocycles. The summed E-state index contributed by atoms with van der Waals surface area (Å²) in [5, 5.41) is -1.06. The molecule has 0 radical (unpaired) electrons. The SMILES string of the molecule is CCC1C=CC(c2ccc(-c3ccc(C(F)(F)Oc4cc(F)c(F)c(F)c4)c(Cl)c3F)c(F)c2)CC1. The average Bonchev–Trinajstić information content (AvgIpc) is 2.84. The highest BCUT2D eigenvalue weighted by Crippen LogP contribution is 2.41. The third-order valence-electron chi connectivity index (χ3n) is 6.30. The molecule has 4 rings (SSSR count). The Bertz CT molecular complexity index is 1300. The number of halogens is 8. The van der Waals surface area contributed by atoms with Crippen LogP contribution < -0.4 is 4.74 Å². The van der Waals surface area contributed by atoms with Crippen LogP contribution in [0.3, 0.4) is 0 Å². The summed E-state index contributed by atoms with van der Waals surface area (Å²) in [6, 6.07) is 6.35. The maximum Gasteiger partial charge on any atom is 0.428 e. The van der Waals surface area contributed by atoms with E-state index in [1.165, 1.54) is 12.1 Å². The molecule has 3 aromatic carbocycles. The van der Waals surface area contributed by atoms with Gasteiger partial charge in [-0.25, -0.2) is 22.0 Å². The van der Waals surface area contributed by atoms with Crippen molar-refractivity contribution in [1.82, 2.24) is 0 Å². The van der Waals surface area contributed by atoms with Crippen LogP contribution in [-0.2, 0) is 6.11 Å². The van der Waals surface area contributed by atoms with E-state index in [1.807, 2.05) is 6.08 Å². The van der Waals surface area contributed by atoms with Crippen molar-refractivity contribution in [3.63, 3.8) is 0 Å². The molecule has 0 heterocycles. The van der Waals surface area contributed by atoms with E-state index in [0.29, 0.717) is 11.5 Å². The fraction of sp³-hybridized carbons (Fsp3) is 0.259. The van der Waals surface area contributed by atoms with Crippen LogP contribution in [0.4, 0.5) is 30.7 Å². The predicted molar refractivity (Wildman–Crippen MR) is 123 cm³/mol. The van der Waals surface area contributed by atoms with Crippen molar-refractivity contribution in [3.8, 4) is 16.9 Å². The topological polar surface area (TPSA) is 9.23 Å². The summed E-state index contributed by atoms with van der Waals surface area (Å²) in [4.78, 5) is 0. The lowest BCUT2D eigenvalue weighted by Gasteiger charge is -2.23. The Morgan fingerprint density at radius 2 is 1.50 bits per heavy atom. The van der Waals surface area contributed by atoms with E-state index in [0.717, 1.165) is 31.4 Å². The average molecular weight is 529 g/mol. The number of hydrogen-bond donors (Lipinski definition) is 0. The first-order valence-electron chi connectivity index (χ1n) is 11.2. The summed E-state index contributed by atoms with van der Waals surface area (Å²) < 4.78 is 103. The quantitative estimate of drug-likeness (QED) is 0.176. The first-order chi connectivity index (χ1) is 17.0. The lowest BCUT2D eigenvalue weighted by atomic mass is 9.83. The van der Waals surface area contributed by atoms with Crippen molar-refractivity contribution in [2.75, 3.05) is 0 Å². The van der Waals surface area contributed by atoms with E-state index in [2.05, 4.69) is 17.7 Å². The second kappa shape index (κ2) is 10.2. The number of ether oxygens (including phenoxy) is 1. The fourth-order valence-electron chi connectivity index (χ4n) is 4.25. The molecule has 0 amide bonds. The maximum absolute atomic E-state index is 15.0. The zero-order valence-electron chi connectivity index (χ0n) is 18.9. The Morgan fingerprint density at radius 1 is 0.833 bits per heavy atom. The Hall–Kier alpha value is -3.00. The summed E-state index contributed by atoms with van der Waals surface area (Å²) in [6.45, 7) is 2.10. The Labute approximate surface area is 208 Å².